The van der Waals surface area contributed by atoms with Crippen molar-refractivity contribution in [1.82, 2.24) is 4.90 Å². The molecule has 20 heavy (non-hydrogen) atoms. The van der Waals surface area contributed by atoms with E-state index in [0.717, 1.165) is 24.2 Å². The minimum Gasteiger partial charge on any atom is -0.490 e. The van der Waals surface area contributed by atoms with Crippen LogP contribution in [0.25, 0.3) is 0 Å². The molecule has 0 aromatic heterocycles. The number of nitrogens with zero attached hydrogens (tertiary/aromatic N) is 1. The van der Waals surface area contributed by atoms with Gasteiger partial charge in [0.1, 0.15) is 5.75 Å². The molecular formula is C17H27NO2. The van der Waals surface area contributed by atoms with Crippen molar-refractivity contribution in [2.75, 3.05) is 14.1 Å². The molecule has 1 aliphatic rings. The van der Waals surface area contributed by atoms with Gasteiger partial charge < -0.3 is 14.7 Å². The molecule has 0 amide bonds. The second-order valence-corrected chi connectivity index (χ2v) is 5.99. The first-order valence-corrected chi connectivity index (χ1v) is 7.65. The summed E-state index contributed by atoms with van der Waals surface area (Å²) in [5.41, 5.74) is 0.754. The molecule has 0 aliphatic heterocycles. The van der Waals surface area contributed by atoms with E-state index in [4.69, 9.17) is 4.74 Å². The van der Waals surface area contributed by atoms with Crippen LogP contribution in [0, 0.1) is 0 Å². The number of likely N-dealkylation sites (N-methyl/N-ethyl adjacent to an activating group) is 1. The Labute approximate surface area is 122 Å². The minimum atomic E-state index is -0.484. The molecule has 1 atom stereocenters. The smallest absolute Gasteiger partial charge is 0.119 e. The van der Waals surface area contributed by atoms with Gasteiger partial charge in [-0.2, -0.15) is 0 Å². The monoisotopic (exact) mass is 277 g/mol. The van der Waals surface area contributed by atoms with E-state index in [0.29, 0.717) is 6.10 Å². The highest BCUT2D eigenvalue weighted by Crippen LogP contribution is 2.36. The third-order valence-corrected chi connectivity index (χ3v) is 4.65. The largest absolute Gasteiger partial charge is 0.490 e. The zero-order valence-corrected chi connectivity index (χ0v) is 13.1. The Morgan fingerprint density at radius 1 is 1.20 bits per heavy atom. The van der Waals surface area contributed by atoms with Crippen LogP contribution >= 0.6 is 0 Å². The van der Waals surface area contributed by atoms with Crippen LogP contribution in [0.15, 0.2) is 24.3 Å². The van der Waals surface area contributed by atoms with E-state index < -0.39 is 6.10 Å². The first kappa shape index (κ1) is 15.3. The Balaban J connectivity index is 2.15. The molecule has 2 rings (SSSR count). The van der Waals surface area contributed by atoms with Crippen LogP contribution < -0.4 is 4.74 Å². The summed E-state index contributed by atoms with van der Waals surface area (Å²) in [6.45, 7) is 4.27. The Morgan fingerprint density at radius 3 is 2.15 bits per heavy atom. The van der Waals surface area contributed by atoms with Gasteiger partial charge in [-0.3, -0.25) is 0 Å². The predicted molar refractivity (Wildman–Crippen MR) is 82.1 cm³/mol. The molecule has 1 N–H and O–H groups in total. The van der Waals surface area contributed by atoms with Crippen molar-refractivity contribution in [1.29, 1.82) is 0 Å². The molecule has 0 radical (unpaired) electrons. The maximum absolute atomic E-state index is 10.8. The molecule has 1 saturated carbocycles. The SMILES string of the molecule is CCC(CC)(C(O)c1ccc(OC2CC2)cc1)N(C)C. The van der Waals surface area contributed by atoms with Crippen LogP contribution in [0.5, 0.6) is 5.75 Å². The summed E-state index contributed by atoms with van der Waals surface area (Å²) >= 11 is 0. The van der Waals surface area contributed by atoms with Gasteiger partial charge >= 0.3 is 0 Å². The van der Waals surface area contributed by atoms with E-state index in [1.54, 1.807) is 0 Å². The topological polar surface area (TPSA) is 32.7 Å². The van der Waals surface area contributed by atoms with Gasteiger partial charge in [-0.15, -0.1) is 0 Å². The highest BCUT2D eigenvalue weighted by molar-refractivity contribution is 5.30. The lowest BCUT2D eigenvalue weighted by atomic mass is 9.81. The number of benzene rings is 1. The van der Waals surface area contributed by atoms with Crippen LogP contribution in [0.1, 0.15) is 51.2 Å². The average Bonchev–Trinajstić information content (AvgIpc) is 3.25. The molecular weight excluding hydrogens is 250 g/mol. The number of aliphatic hydroxyl groups is 1. The highest BCUT2D eigenvalue weighted by atomic mass is 16.5. The van der Waals surface area contributed by atoms with Gasteiger partial charge in [-0.05, 0) is 57.5 Å². The fourth-order valence-corrected chi connectivity index (χ4v) is 2.93. The van der Waals surface area contributed by atoms with Gasteiger partial charge in [0, 0.05) is 5.54 Å². The summed E-state index contributed by atoms with van der Waals surface area (Å²) in [7, 11) is 4.08. The third kappa shape index (κ3) is 2.99. The van der Waals surface area contributed by atoms with Crippen molar-refractivity contribution in [3.8, 4) is 5.75 Å². The first-order valence-electron chi connectivity index (χ1n) is 7.65. The Bertz CT molecular complexity index is 419. The molecule has 3 heteroatoms. The molecule has 1 aliphatic carbocycles. The summed E-state index contributed by atoms with van der Waals surface area (Å²) < 4.78 is 5.75. The molecule has 0 saturated heterocycles. The molecule has 1 unspecified atom stereocenters. The highest BCUT2D eigenvalue weighted by Gasteiger charge is 2.37. The number of ether oxygens (including phenoxy) is 1. The van der Waals surface area contributed by atoms with Gasteiger partial charge in [0.25, 0.3) is 0 Å². The number of hydrogen-bond acceptors (Lipinski definition) is 3. The van der Waals surface area contributed by atoms with Crippen LogP contribution in [0.2, 0.25) is 0 Å². The zero-order chi connectivity index (χ0) is 14.8. The van der Waals surface area contributed by atoms with E-state index in [2.05, 4.69) is 18.7 Å². The van der Waals surface area contributed by atoms with Gasteiger partial charge in [0.2, 0.25) is 0 Å². The first-order chi connectivity index (χ1) is 9.53. The van der Waals surface area contributed by atoms with E-state index >= 15 is 0 Å². The molecule has 0 spiro atoms. The molecule has 1 aromatic carbocycles. The quantitative estimate of drug-likeness (QED) is 0.829. The maximum atomic E-state index is 10.8. The maximum Gasteiger partial charge on any atom is 0.119 e. The number of rotatable bonds is 7. The fraction of sp³-hybridized carbons (Fsp3) is 0.647. The molecule has 1 aromatic rings. The van der Waals surface area contributed by atoms with Crippen LogP contribution in [0.3, 0.4) is 0 Å². The lowest BCUT2D eigenvalue weighted by Crippen LogP contribution is -2.48. The normalized spacial score (nSPS) is 17.3. The molecule has 3 nitrogen and oxygen atoms in total. The van der Waals surface area contributed by atoms with E-state index in [1.165, 1.54) is 12.8 Å². The van der Waals surface area contributed by atoms with Crippen LogP contribution in [-0.4, -0.2) is 35.7 Å². The fourth-order valence-electron chi connectivity index (χ4n) is 2.93. The van der Waals surface area contributed by atoms with Gasteiger partial charge in [-0.1, -0.05) is 26.0 Å². The Kier molecular flexibility index (Phi) is 4.71. The molecule has 0 bridgehead atoms. The summed E-state index contributed by atoms with van der Waals surface area (Å²) in [5.74, 6) is 0.909. The second kappa shape index (κ2) is 6.15. The lowest BCUT2D eigenvalue weighted by Gasteiger charge is -2.42. The molecule has 0 heterocycles. The molecule has 1 fully saturated rings. The summed E-state index contributed by atoms with van der Waals surface area (Å²) in [6.07, 6.45) is 4.09. The second-order valence-electron chi connectivity index (χ2n) is 5.99. The Hall–Kier alpha value is -1.06. The third-order valence-electron chi connectivity index (χ3n) is 4.65. The van der Waals surface area contributed by atoms with Crippen molar-refractivity contribution in [3.63, 3.8) is 0 Å². The van der Waals surface area contributed by atoms with Gasteiger partial charge in [-0.25, -0.2) is 0 Å². The standard InChI is InChI=1S/C17H27NO2/c1-5-17(6-2,18(3)4)16(19)13-7-9-14(10-8-13)20-15-11-12-15/h7-10,15-16,19H,5-6,11-12H2,1-4H3. The number of hydrogen-bond donors (Lipinski definition) is 1. The van der Waals surface area contributed by atoms with E-state index in [9.17, 15) is 5.11 Å². The van der Waals surface area contributed by atoms with E-state index in [-0.39, 0.29) is 5.54 Å². The minimum absolute atomic E-state index is 0.209. The van der Waals surface area contributed by atoms with Crippen molar-refractivity contribution >= 4 is 0 Å². The van der Waals surface area contributed by atoms with Crippen molar-refractivity contribution < 1.29 is 9.84 Å². The predicted octanol–water partition coefficient (Wildman–Crippen LogP) is 3.38. The Morgan fingerprint density at radius 2 is 1.75 bits per heavy atom. The lowest BCUT2D eigenvalue weighted by molar-refractivity contribution is -0.0149. The number of aliphatic hydroxyl groups excluding tert-OH is 1. The van der Waals surface area contributed by atoms with Gasteiger partial charge in [0.15, 0.2) is 0 Å². The van der Waals surface area contributed by atoms with Crippen molar-refractivity contribution in [2.24, 2.45) is 0 Å². The summed E-state index contributed by atoms with van der Waals surface area (Å²) in [6, 6.07) is 7.93. The zero-order valence-electron chi connectivity index (χ0n) is 13.1. The van der Waals surface area contributed by atoms with Crippen LogP contribution in [0.4, 0.5) is 0 Å². The van der Waals surface area contributed by atoms with Gasteiger partial charge in [0.05, 0.1) is 12.2 Å². The average molecular weight is 277 g/mol. The summed E-state index contributed by atoms with van der Waals surface area (Å²) in [5, 5.41) is 10.8. The van der Waals surface area contributed by atoms with Crippen LogP contribution in [-0.2, 0) is 0 Å². The van der Waals surface area contributed by atoms with E-state index in [1.807, 2.05) is 38.4 Å². The van der Waals surface area contributed by atoms with Crippen molar-refractivity contribution in [2.45, 2.75) is 57.3 Å². The van der Waals surface area contributed by atoms with Crippen molar-refractivity contribution in [3.05, 3.63) is 29.8 Å². The molecule has 112 valence electrons. The summed E-state index contributed by atoms with van der Waals surface area (Å²) in [4.78, 5) is 2.15.